The lowest BCUT2D eigenvalue weighted by Gasteiger charge is -2.08. The zero-order valence-corrected chi connectivity index (χ0v) is 15.5. The summed E-state index contributed by atoms with van der Waals surface area (Å²) in [6.07, 6.45) is 0. The zero-order chi connectivity index (χ0) is 19.3. The molecule has 0 aliphatic carbocycles. The van der Waals surface area contributed by atoms with Gasteiger partial charge in [0.05, 0.1) is 5.75 Å². The molecule has 2 N–H and O–H groups in total. The van der Waals surface area contributed by atoms with Crippen molar-refractivity contribution < 1.29 is 17.7 Å². The van der Waals surface area contributed by atoms with E-state index in [0.29, 0.717) is 11.3 Å². The van der Waals surface area contributed by atoms with E-state index in [2.05, 4.69) is 15.2 Å². The monoisotopic (exact) mass is 385 g/mol. The lowest BCUT2D eigenvalue weighted by atomic mass is 10.0. The Morgan fingerprint density at radius 1 is 1.04 bits per heavy atom. The van der Waals surface area contributed by atoms with Gasteiger partial charge in [0.2, 0.25) is 10.0 Å². The highest BCUT2D eigenvalue weighted by Crippen LogP contribution is 2.19. The Morgan fingerprint density at radius 2 is 1.70 bits per heavy atom. The van der Waals surface area contributed by atoms with E-state index in [4.69, 9.17) is 4.52 Å². The highest BCUT2D eigenvalue weighted by Gasteiger charge is 2.14. The summed E-state index contributed by atoms with van der Waals surface area (Å²) in [4.78, 5) is 12.2. The van der Waals surface area contributed by atoms with Crippen LogP contribution in [0.4, 0.5) is 5.82 Å². The lowest BCUT2D eigenvalue weighted by molar-refractivity contribution is 0.0956. The number of nitrogens with one attached hydrogen (secondary N) is 2. The van der Waals surface area contributed by atoms with Crippen LogP contribution in [0.1, 0.15) is 16.1 Å². The Bertz CT molecular complexity index is 1010. The molecule has 1 aromatic heterocycles. The van der Waals surface area contributed by atoms with Gasteiger partial charge in [-0.25, -0.2) is 8.42 Å². The number of carbonyl (C=O) groups excluding carboxylic acids is 1. The first kappa shape index (κ1) is 18.7. The number of rotatable bonds is 7. The number of hydrogen-bond acceptors (Lipinski definition) is 5. The van der Waals surface area contributed by atoms with Crippen molar-refractivity contribution in [2.75, 3.05) is 17.0 Å². The molecule has 0 saturated heterocycles. The van der Waals surface area contributed by atoms with Crippen LogP contribution in [0.25, 0.3) is 11.1 Å². The molecule has 8 heteroatoms. The number of aryl methyl sites for hydroxylation is 1. The molecule has 0 saturated carbocycles. The summed E-state index contributed by atoms with van der Waals surface area (Å²) in [6.45, 7) is 1.64. The Hall–Kier alpha value is -3.13. The predicted molar refractivity (Wildman–Crippen MR) is 103 cm³/mol. The van der Waals surface area contributed by atoms with Crippen LogP contribution < -0.4 is 10.0 Å². The van der Waals surface area contributed by atoms with E-state index < -0.39 is 10.0 Å². The van der Waals surface area contributed by atoms with Gasteiger partial charge in [-0.3, -0.25) is 9.52 Å². The summed E-state index contributed by atoms with van der Waals surface area (Å²) in [5.41, 5.74) is 2.53. The largest absolute Gasteiger partial charge is 0.360 e. The number of benzene rings is 2. The number of nitrogens with zero attached hydrogens (tertiary/aromatic N) is 1. The van der Waals surface area contributed by atoms with E-state index >= 15 is 0 Å². The predicted octanol–water partition coefficient (Wildman–Crippen LogP) is 2.82. The number of hydrogen-bond donors (Lipinski definition) is 2. The van der Waals surface area contributed by atoms with E-state index in [1.165, 1.54) is 6.07 Å². The molecule has 3 aromatic rings. The van der Waals surface area contributed by atoms with Crippen molar-refractivity contribution in [1.82, 2.24) is 10.5 Å². The van der Waals surface area contributed by atoms with Crippen molar-refractivity contribution in [3.63, 3.8) is 0 Å². The molecular formula is C19H19N3O4S. The third-order valence-electron chi connectivity index (χ3n) is 3.80. The second kappa shape index (κ2) is 8.05. The molecule has 0 bridgehead atoms. The summed E-state index contributed by atoms with van der Waals surface area (Å²) in [7, 11) is -3.63. The highest BCUT2D eigenvalue weighted by molar-refractivity contribution is 7.92. The van der Waals surface area contributed by atoms with Crippen molar-refractivity contribution in [3.05, 3.63) is 72.0 Å². The van der Waals surface area contributed by atoms with Crippen LogP contribution in [-0.2, 0) is 10.0 Å². The summed E-state index contributed by atoms with van der Waals surface area (Å²) < 4.78 is 31.1. The maximum atomic E-state index is 12.2. The Labute approximate surface area is 157 Å². The third-order valence-corrected chi connectivity index (χ3v) is 5.06. The van der Waals surface area contributed by atoms with Gasteiger partial charge in [-0.15, -0.1) is 0 Å². The molecule has 0 aliphatic heterocycles. The van der Waals surface area contributed by atoms with Gasteiger partial charge >= 0.3 is 0 Å². The number of aromatic nitrogens is 1. The number of anilines is 1. The van der Waals surface area contributed by atoms with Gasteiger partial charge in [-0.05, 0) is 30.2 Å². The Balaban J connectivity index is 1.53. The van der Waals surface area contributed by atoms with Gasteiger partial charge in [-0.2, -0.15) is 0 Å². The Kier molecular flexibility index (Phi) is 5.56. The molecule has 0 spiro atoms. The number of carbonyl (C=O) groups is 1. The van der Waals surface area contributed by atoms with Crippen LogP contribution in [0.5, 0.6) is 0 Å². The molecular weight excluding hydrogens is 366 g/mol. The molecule has 1 amide bonds. The highest BCUT2D eigenvalue weighted by atomic mass is 32.2. The molecule has 0 radical (unpaired) electrons. The SMILES string of the molecule is Cc1cc(NS(=O)(=O)CCNC(=O)c2ccc(-c3ccccc3)cc2)no1. The first-order valence-electron chi connectivity index (χ1n) is 8.30. The topological polar surface area (TPSA) is 101 Å². The molecule has 0 unspecified atom stereocenters. The standard InChI is InChI=1S/C19H19N3O4S/c1-14-13-18(21-26-14)22-27(24,25)12-11-20-19(23)17-9-7-16(8-10-17)15-5-3-2-4-6-15/h2-10,13H,11-12H2,1H3,(H,20,23)(H,21,22). The van der Waals surface area contributed by atoms with E-state index in [1.54, 1.807) is 19.1 Å². The van der Waals surface area contributed by atoms with Gasteiger partial charge in [0.1, 0.15) is 5.76 Å². The fraction of sp³-hybridized carbons (Fsp3) is 0.158. The van der Waals surface area contributed by atoms with Crippen LogP contribution in [0, 0.1) is 6.92 Å². The lowest BCUT2D eigenvalue weighted by Crippen LogP contribution is -2.31. The van der Waals surface area contributed by atoms with Gasteiger partial charge in [0.25, 0.3) is 5.91 Å². The smallest absolute Gasteiger partial charge is 0.251 e. The Morgan fingerprint density at radius 3 is 2.33 bits per heavy atom. The second-order valence-electron chi connectivity index (χ2n) is 5.94. The maximum Gasteiger partial charge on any atom is 0.251 e. The number of sulfonamides is 1. The first-order valence-corrected chi connectivity index (χ1v) is 9.96. The molecule has 27 heavy (non-hydrogen) atoms. The average Bonchev–Trinajstić information content (AvgIpc) is 3.06. The zero-order valence-electron chi connectivity index (χ0n) is 14.7. The molecule has 3 rings (SSSR count). The minimum atomic E-state index is -3.63. The van der Waals surface area contributed by atoms with E-state index in [-0.39, 0.29) is 24.0 Å². The number of amides is 1. The van der Waals surface area contributed by atoms with Gasteiger partial charge in [-0.1, -0.05) is 47.6 Å². The molecule has 1 heterocycles. The van der Waals surface area contributed by atoms with Crippen molar-refractivity contribution in [2.24, 2.45) is 0 Å². The van der Waals surface area contributed by atoms with E-state index in [0.717, 1.165) is 11.1 Å². The molecule has 2 aromatic carbocycles. The van der Waals surface area contributed by atoms with E-state index in [9.17, 15) is 13.2 Å². The minimum Gasteiger partial charge on any atom is -0.360 e. The maximum absolute atomic E-state index is 12.2. The van der Waals surface area contributed by atoms with Crippen molar-refractivity contribution in [2.45, 2.75) is 6.92 Å². The van der Waals surface area contributed by atoms with Crippen LogP contribution in [0.3, 0.4) is 0 Å². The molecule has 7 nitrogen and oxygen atoms in total. The minimum absolute atomic E-state index is 0.0224. The molecule has 140 valence electrons. The molecule has 0 aliphatic rings. The summed E-state index contributed by atoms with van der Waals surface area (Å²) in [5.74, 6) is 0.0181. The van der Waals surface area contributed by atoms with E-state index in [1.807, 2.05) is 42.5 Å². The summed E-state index contributed by atoms with van der Waals surface area (Å²) in [5, 5.41) is 6.18. The summed E-state index contributed by atoms with van der Waals surface area (Å²) >= 11 is 0. The van der Waals surface area contributed by atoms with Crippen molar-refractivity contribution >= 4 is 21.7 Å². The normalized spacial score (nSPS) is 11.1. The third kappa shape index (κ3) is 5.18. The van der Waals surface area contributed by atoms with Crippen molar-refractivity contribution in [3.8, 4) is 11.1 Å². The van der Waals surface area contributed by atoms with Crippen LogP contribution >= 0.6 is 0 Å². The molecule has 0 fully saturated rings. The quantitative estimate of drug-likeness (QED) is 0.651. The van der Waals surface area contributed by atoms with Crippen LogP contribution in [0.15, 0.2) is 65.2 Å². The van der Waals surface area contributed by atoms with Gasteiger partial charge in [0.15, 0.2) is 5.82 Å². The summed E-state index contributed by atoms with van der Waals surface area (Å²) in [6, 6.07) is 18.4. The fourth-order valence-electron chi connectivity index (χ4n) is 2.47. The van der Waals surface area contributed by atoms with Crippen LogP contribution in [-0.4, -0.2) is 31.8 Å². The fourth-order valence-corrected chi connectivity index (χ4v) is 3.36. The second-order valence-corrected chi connectivity index (χ2v) is 7.78. The van der Waals surface area contributed by atoms with Crippen molar-refractivity contribution in [1.29, 1.82) is 0 Å². The average molecular weight is 385 g/mol. The van der Waals surface area contributed by atoms with Gasteiger partial charge in [0, 0.05) is 18.2 Å². The molecule has 0 atom stereocenters. The van der Waals surface area contributed by atoms with Crippen LogP contribution in [0.2, 0.25) is 0 Å². The first-order chi connectivity index (χ1) is 12.9. The van der Waals surface area contributed by atoms with Gasteiger partial charge < -0.3 is 9.84 Å².